The first-order valence-corrected chi connectivity index (χ1v) is 8.82. The fourth-order valence-electron chi connectivity index (χ4n) is 1.88. The Morgan fingerprint density at radius 1 is 1.33 bits per heavy atom. The van der Waals surface area contributed by atoms with Crippen molar-refractivity contribution in [1.29, 1.82) is 0 Å². The maximum absolute atomic E-state index is 12.0. The molecule has 1 rings (SSSR count). The topological polar surface area (TPSA) is 44.4 Å². The van der Waals surface area contributed by atoms with E-state index >= 15 is 0 Å². The molecule has 0 fully saturated rings. The predicted octanol–water partition coefficient (Wildman–Crippen LogP) is 3.57. The minimum Gasteiger partial charge on any atom is -0.327 e. The van der Waals surface area contributed by atoms with Gasteiger partial charge in [-0.1, -0.05) is 19.1 Å². The lowest BCUT2D eigenvalue weighted by atomic mass is 10.1. The molecule has 1 aromatic rings. The summed E-state index contributed by atoms with van der Waals surface area (Å²) in [5.41, 5.74) is 2.07. The molecule has 0 aliphatic heterocycles. The number of thioether (sulfide) groups is 1. The number of amides is 2. The van der Waals surface area contributed by atoms with E-state index < -0.39 is 0 Å². The summed E-state index contributed by atoms with van der Waals surface area (Å²) in [5, 5.41) is 6.37. The summed E-state index contributed by atoms with van der Waals surface area (Å²) in [6, 6.07) is 8.31. The van der Waals surface area contributed by atoms with Crippen LogP contribution in [0.1, 0.15) is 31.9 Å². The van der Waals surface area contributed by atoms with Gasteiger partial charge in [0.05, 0.1) is 0 Å². The fourth-order valence-corrected chi connectivity index (χ4v) is 2.34. The van der Waals surface area contributed by atoms with Crippen molar-refractivity contribution in [3.63, 3.8) is 0 Å². The summed E-state index contributed by atoms with van der Waals surface area (Å²) in [6.07, 6.45) is 3.17. The number of hydrogen-bond acceptors (Lipinski definition) is 3. The van der Waals surface area contributed by atoms with E-state index in [1.807, 2.05) is 25.4 Å². The number of carbonyl (C=O) groups excluding carboxylic acids is 1. The summed E-state index contributed by atoms with van der Waals surface area (Å²) in [6.45, 7) is 6.08. The second-order valence-electron chi connectivity index (χ2n) is 5.14. The highest BCUT2D eigenvalue weighted by molar-refractivity contribution is 7.98. The van der Waals surface area contributed by atoms with Crippen molar-refractivity contribution >= 4 is 23.5 Å². The van der Waals surface area contributed by atoms with Crippen LogP contribution < -0.4 is 10.6 Å². The molecule has 0 aromatic heterocycles. The van der Waals surface area contributed by atoms with Crippen LogP contribution in [0.15, 0.2) is 24.3 Å². The number of benzene rings is 1. The third kappa shape index (κ3) is 6.40. The van der Waals surface area contributed by atoms with Crippen molar-refractivity contribution in [3.8, 4) is 0 Å². The molecule has 0 radical (unpaired) electrons. The maximum atomic E-state index is 12.0. The molecule has 0 saturated heterocycles. The molecule has 4 nitrogen and oxygen atoms in total. The Morgan fingerprint density at radius 3 is 2.57 bits per heavy atom. The van der Waals surface area contributed by atoms with Crippen LogP contribution in [0.4, 0.5) is 10.5 Å². The first-order chi connectivity index (χ1) is 10.1. The molecular formula is C16H27N3OS. The summed E-state index contributed by atoms with van der Waals surface area (Å²) in [4.78, 5) is 13.7. The van der Waals surface area contributed by atoms with E-state index in [9.17, 15) is 4.79 Å². The number of urea groups is 1. The zero-order valence-corrected chi connectivity index (χ0v) is 14.3. The molecular weight excluding hydrogens is 282 g/mol. The van der Waals surface area contributed by atoms with E-state index in [4.69, 9.17) is 0 Å². The number of hydrogen-bond donors (Lipinski definition) is 2. The lowest BCUT2D eigenvalue weighted by Crippen LogP contribution is -2.33. The van der Waals surface area contributed by atoms with Gasteiger partial charge in [-0.2, -0.15) is 11.8 Å². The van der Waals surface area contributed by atoms with Crippen LogP contribution in [-0.4, -0.2) is 43.1 Å². The number of rotatable bonds is 8. The van der Waals surface area contributed by atoms with Crippen molar-refractivity contribution in [2.75, 3.05) is 37.5 Å². The molecule has 118 valence electrons. The van der Waals surface area contributed by atoms with Gasteiger partial charge in [0.25, 0.3) is 0 Å². The molecule has 2 N–H and O–H groups in total. The Hall–Kier alpha value is -1.20. The quantitative estimate of drug-likeness (QED) is 0.771. The summed E-state index contributed by atoms with van der Waals surface area (Å²) < 4.78 is 0. The summed E-state index contributed by atoms with van der Waals surface area (Å²) in [5.74, 6) is 0.948. The van der Waals surface area contributed by atoms with Crippen LogP contribution in [-0.2, 0) is 0 Å². The molecule has 2 amide bonds. The molecule has 0 spiro atoms. The average molecular weight is 309 g/mol. The predicted molar refractivity (Wildman–Crippen MR) is 93.2 cm³/mol. The van der Waals surface area contributed by atoms with Crippen LogP contribution >= 0.6 is 11.8 Å². The van der Waals surface area contributed by atoms with Crippen molar-refractivity contribution in [1.82, 2.24) is 10.2 Å². The Morgan fingerprint density at radius 2 is 2.00 bits per heavy atom. The Bertz CT molecular complexity index is 422. The van der Waals surface area contributed by atoms with Crippen LogP contribution in [0.25, 0.3) is 0 Å². The molecule has 1 aromatic carbocycles. The average Bonchev–Trinajstić information content (AvgIpc) is 2.50. The van der Waals surface area contributed by atoms with Gasteiger partial charge < -0.3 is 15.5 Å². The lowest BCUT2D eigenvalue weighted by Gasteiger charge is -2.18. The second-order valence-corrected chi connectivity index (χ2v) is 6.13. The SMILES string of the molecule is CCCNC(C)c1ccc(NC(=O)N(C)CCSC)cc1. The highest BCUT2D eigenvalue weighted by Gasteiger charge is 2.09. The first kappa shape index (κ1) is 17.9. The normalized spacial score (nSPS) is 12.0. The van der Waals surface area contributed by atoms with E-state index in [0.717, 1.165) is 31.0 Å². The van der Waals surface area contributed by atoms with Gasteiger partial charge in [0, 0.05) is 31.1 Å². The molecule has 0 saturated carbocycles. The van der Waals surface area contributed by atoms with Gasteiger partial charge in [0.1, 0.15) is 0 Å². The first-order valence-electron chi connectivity index (χ1n) is 7.42. The largest absolute Gasteiger partial charge is 0.327 e. The molecule has 1 atom stereocenters. The van der Waals surface area contributed by atoms with E-state index in [2.05, 4.69) is 36.6 Å². The van der Waals surface area contributed by atoms with Gasteiger partial charge >= 0.3 is 6.03 Å². The summed E-state index contributed by atoms with van der Waals surface area (Å²) >= 11 is 1.74. The minimum atomic E-state index is -0.0612. The third-order valence-electron chi connectivity index (χ3n) is 3.34. The van der Waals surface area contributed by atoms with Crippen molar-refractivity contribution in [2.45, 2.75) is 26.3 Å². The van der Waals surface area contributed by atoms with Crippen LogP contribution in [0.3, 0.4) is 0 Å². The molecule has 21 heavy (non-hydrogen) atoms. The van der Waals surface area contributed by atoms with E-state index in [1.54, 1.807) is 16.7 Å². The van der Waals surface area contributed by atoms with E-state index in [-0.39, 0.29) is 6.03 Å². The Balaban J connectivity index is 2.52. The van der Waals surface area contributed by atoms with Crippen molar-refractivity contribution < 1.29 is 4.79 Å². The van der Waals surface area contributed by atoms with E-state index in [0.29, 0.717) is 6.04 Å². The van der Waals surface area contributed by atoms with Gasteiger partial charge in [-0.15, -0.1) is 0 Å². The minimum absolute atomic E-state index is 0.0612. The van der Waals surface area contributed by atoms with Crippen molar-refractivity contribution in [3.05, 3.63) is 29.8 Å². The highest BCUT2D eigenvalue weighted by Crippen LogP contribution is 2.16. The molecule has 0 aliphatic rings. The van der Waals surface area contributed by atoms with Gasteiger partial charge in [-0.3, -0.25) is 0 Å². The molecule has 5 heteroatoms. The zero-order valence-electron chi connectivity index (χ0n) is 13.5. The zero-order chi connectivity index (χ0) is 15.7. The van der Waals surface area contributed by atoms with Crippen LogP contribution in [0.2, 0.25) is 0 Å². The molecule has 1 unspecified atom stereocenters. The number of nitrogens with zero attached hydrogens (tertiary/aromatic N) is 1. The smallest absolute Gasteiger partial charge is 0.321 e. The molecule has 0 heterocycles. The van der Waals surface area contributed by atoms with Gasteiger partial charge in [0.15, 0.2) is 0 Å². The standard InChI is InChI=1S/C16H27N3OS/c1-5-10-17-13(2)14-6-8-15(9-7-14)18-16(20)19(3)11-12-21-4/h6-9,13,17H,5,10-12H2,1-4H3,(H,18,20). The third-order valence-corrected chi connectivity index (χ3v) is 3.93. The van der Waals surface area contributed by atoms with Gasteiger partial charge in [-0.25, -0.2) is 4.79 Å². The number of carbonyl (C=O) groups is 1. The fraction of sp³-hybridized carbons (Fsp3) is 0.562. The van der Waals surface area contributed by atoms with Crippen molar-refractivity contribution in [2.24, 2.45) is 0 Å². The van der Waals surface area contributed by atoms with Gasteiger partial charge in [-0.05, 0) is 43.8 Å². The van der Waals surface area contributed by atoms with E-state index in [1.165, 1.54) is 5.56 Å². The Labute approximate surface area is 132 Å². The molecule has 0 bridgehead atoms. The Kier molecular flexibility index (Phi) is 8.23. The molecule has 0 aliphatic carbocycles. The lowest BCUT2D eigenvalue weighted by molar-refractivity contribution is 0.225. The number of nitrogens with one attached hydrogen (secondary N) is 2. The second kappa shape index (κ2) is 9.68. The summed E-state index contributed by atoms with van der Waals surface area (Å²) in [7, 11) is 1.82. The van der Waals surface area contributed by atoms with Crippen LogP contribution in [0, 0.1) is 0 Å². The van der Waals surface area contributed by atoms with Gasteiger partial charge in [0.2, 0.25) is 0 Å². The monoisotopic (exact) mass is 309 g/mol. The van der Waals surface area contributed by atoms with Crippen LogP contribution in [0.5, 0.6) is 0 Å². The maximum Gasteiger partial charge on any atom is 0.321 e. The number of anilines is 1. The highest BCUT2D eigenvalue weighted by atomic mass is 32.2.